The van der Waals surface area contributed by atoms with E-state index < -0.39 is 5.60 Å². The average molecular weight is 416 g/mol. The number of aromatic nitrogens is 1. The Morgan fingerprint density at radius 3 is 2.79 bits per heavy atom. The van der Waals surface area contributed by atoms with Crippen molar-refractivity contribution in [2.75, 3.05) is 20.1 Å². The Morgan fingerprint density at radius 1 is 1.34 bits per heavy atom. The van der Waals surface area contributed by atoms with E-state index in [2.05, 4.69) is 38.0 Å². The van der Waals surface area contributed by atoms with Gasteiger partial charge in [0.15, 0.2) is 5.96 Å². The number of thiazole rings is 1. The fourth-order valence-electron chi connectivity index (χ4n) is 3.17. The molecule has 29 heavy (non-hydrogen) atoms. The van der Waals surface area contributed by atoms with Crippen LogP contribution in [0.25, 0.3) is 11.3 Å². The molecule has 0 spiro atoms. The number of amides is 1. The molecule has 2 aromatic rings. The van der Waals surface area contributed by atoms with E-state index in [0.717, 1.165) is 35.2 Å². The molecule has 2 heterocycles. The van der Waals surface area contributed by atoms with Crippen LogP contribution in [0.1, 0.15) is 32.2 Å². The van der Waals surface area contributed by atoms with Crippen LogP contribution in [0.2, 0.25) is 0 Å². The fraction of sp³-hybridized carbons (Fsp3) is 0.476. The normalized spacial score (nSPS) is 17.3. The minimum Gasteiger partial charge on any atom is -0.444 e. The molecule has 0 radical (unpaired) electrons. The van der Waals surface area contributed by atoms with Crippen molar-refractivity contribution in [2.45, 2.75) is 45.4 Å². The maximum Gasteiger partial charge on any atom is 0.407 e. The molecule has 8 heteroatoms. The monoisotopic (exact) mass is 415 g/mol. The number of likely N-dealkylation sites (tertiary alicyclic amines) is 1. The molecule has 1 amide bonds. The molecule has 156 valence electrons. The van der Waals surface area contributed by atoms with Gasteiger partial charge in [0.05, 0.1) is 18.3 Å². The topological polar surface area (TPSA) is 78.9 Å². The Kier molecular flexibility index (Phi) is 6.74. The Hall–Kier alpha value is -2.61. The number of carbonyl (C=O) groups excluding carboxylic acids is 1. The Balaban J connectivity index is 1.50. The summed E-state index contributed by atoms with van der Waals surface area (Å²) in [5.41, 5.74) is 1.62. The molecule has 0 bridgehead atoms. The zero-order valence-electron chi connectivity index (χ0n) is 17.4. The second-order valence-corrected chi connectivity index (χ2v) is 8.91. The summed E-state index contributed by atoms with van der Waals surface area (Å²) >= 11 is 1.63. The largest absolute Gasteiger partial charge is 0.444 e. The number of carbonyl (C=O) groups is 1. The maximum absolute atomic E-state index is 12.0. The summed E-state index contributed by atoms with van der Waals surface area (Å²) in [6.07, 6.45) is 0.485. The lowest BCUT2D eigenvalue weighted by atomic mass is 10.2. The van der Waals surface area contributed by atoms with Crippen molar-refractivity contribution < 1.29 is 9.53 Å². The molecule has 1 atom stereocenters. The van der Waals surface area contributed by atoms with Gasteiger partial charge in [0.1, 0.15) is 10.6 Å². The maximum atomic E-state index is 12.0. The van der Waals surface area contributed by atoms with Gasteiger partial charge in [-0.2, -0.15) is 0 Å². The van der Waals surface area contributed by atoms with Gasteiger partial charge in [0.25, 0.3) is 0 Å². The van der Waals surface area contributed by atoms with Crippen molar-refractivity contribution in [3.05, 3.63) is 40.7 Å². The summed E-state index contributed by atoms with van der Waals surface area (Å²) in [5.74, 6) is 0.815. The standard InChI is InChI=1S/C21H29N5O2S/c1-21(2,3)28-20(27)24-16-10-11-26(13-16)19(22-4)23-12-18-25-17(14-29-18)15-8-6-5-7-9-15/h5-9,14,16H,10-13H2,1-4H3,(H,22,23)(H,24,27). The third-order valence-electron chi connectivity index (χ3n) is 4.44. The van der Waals surface area contributed by atoms with Crippen LogP contribution in [-0.4, -0.2) is 53.7 Å². The van der Waals surface area contributed by atoms with Gasteiger partial charge in [-0.05, 0) is 27.2 Å². The molecule has 1 aliphatic rings. The lowest BCUT2D eigenvalue weighted by molar-refractivity contribution is 0.0507. The first-order valence-corrected chi connectivity index (χ1v) is 10.7. The molecular formula is C21H29N5O2S. The Morgan fingerprint density at radius 2 is 2.10 bits per heavy atom. The van der Waals surface area contributed by atoms with Crippen LogP contribution in [-0.2, 0) is 11.3 Å². The van der Waals surface area contributed by atoms with Gasteiger partial charge in [0.2, 0.25) is 0 Å². The third-order valence-corrected chi connectivity index (χ3v) is 5.29. The van der Waals surface area contributed by atoms with Crippen molar-refractivity contribution in [1.29, 1.82) is 0 Å². The van der Waals surface area contributed by atoms with Gasteiger partial charge < -0.3 is 20.3 Å². The van der Waals surface area contributed by atoms with Crippen molar-refractivity contribution in [3.63, 3.8) is 0 Å². The first kappa shape index (κ1) is 21.1. The third kappa shape index (κ3) is 6.19. The van der Waals surface area contributed by atoms with Crippen LogP contribution < -0.4 is 10.6 Å². The second kappa shape index (κ2) is 9.26. The summed E-state index contributed by atoms with van der Waals surface area (Å²) < 4.78 is 5.34. The molecule has 1 fully saturated rings. The van der Waals surface area contributed by atoms with Crippen molar-refractivity contribution >= 4 is 23.4 Å². The molecule has 2 N–H and O–H groups in total. The van der Waals surface area contributed by atoms with Crippen LogP contribution in [0.3, 0.4) is 0 Å². The van der Waals surface area contributed by atoms with E-state index in [-0.39, 0.29) is 12.1 Å². The van der Waals surface area contributed by atoms with Crippen LogP contribution in [0.5, 0.6) is 0 Å². The number of hydrogen-bond acceptors (Lipinski definition) is 5. The van der Waals surface area contributed by atoms with Gasteiger partial charge in [-0.1, -0.05) is 30.3 Å². The highest BCUT2D eigenvalue weighted by Gasteiger charge is 2.27. The summed E-state index contributed by atoms with van der Waals surface area (Å²) in [6, 6.07) is 10.2. The quantitative estimate of drug-likeness (QED) is 0.590. The first-order chi connectivity index (χ1) is 13.8. The van der Waals surface area contributed by atoms with E-state index in [9.17, 15) is 4.79 Å². The molecule has 7 nitrogen and oxygen atoms in total. The Labute approximate surface area is 176 Å². The summed E-state index contributed by atoms with van der Waals surface area (Å²) in [6.45, 7) is 7.73. The highest BCUT2D eigenvalue weighted by molar-refractivity contribution is 7.09. The number of ether oxygens (including phenoxy) is 1. The number of benzene rings is 1. The van der Waals surface area contributed by atoms with Gasteiger partial charge in [-0.3, -0.25) is 4.99 Å². The van der Waals surface area contributed by atoms with Gasteiger partial charge in [0, 0.05) is 31.1 Å². The molecule has 1 saturated heterocycles. The number of hydrogen-bond donors (Lipinski definition) is 2. The van der Waals surface area contributed by atoms with E-state index in [1.54, 1.807) is 18.4 Å². The van der Waals surface area contributed by atoms with Gasteiger partial charge in [-0.15, -0.1) is 11.3 Å². The molecule has 1 unspecified atom stereocenters. The van der Waals surface area contributed by atoms with E-state index in [1.165, 1.54) is 0 Å². The van der Waals surface area contributed by atoms with E-state index in [1.807, 2.05) is 39.0 Å². The minimum absolute atomic E-state index is 0.0490. The van der Waals surface area contributed by atoms with Crippen LogP contribution in [0.4, 0.5) is 4.79 Å². The van der Waals surface area contributed by atoms with Crippen LogP contribution >= 0.6 is 11.3 Å². The zero-order valence-corrected chi connectivity index (χ0v) is 18.3. The Bertz CT molecular complexity index is 844. The second-order valence-electron chi connectivity index (χ2n) is 7.97. The molecule has 0 aliphatic carbocycles. The SMILES string of the molecule is CN=C(NCc1nc(-c2ccccc2)cs1)N1CCC(NC(=O)OC(C)(C)C)C1. The predicted octanol–water partition coefficient (Wildman–Crippen LogP) is 3.48. The number of nitrogens with one attached hydrogen (secondary N) is 2. The molecule has 0 saturated carbocycles. The average Bonchev–Trinajstić information content (AvgIpc) is 3.31. The number of alkyl carbamates (subject to hydrolysis) is 1. The summed E-state index contributed by atoms with van der Waals surface area (Å²) in [7, 11) is 1.77. The lowest BCUT2D eigenvalue weighted by Crippen LogP contribution is -2.44. The summed E-state index contributed by atoms with van der Waals surface area (Å²) in [4.78, 5) is 23.2. The van der Waals surface area contributed by atoms with Crippen molar-refractivity contribution in [2.24, 2.45) is 4.99 Å². The van der Waals surface area contributed by atoms with Crippen LogP contribution in [0, 0.1) is 0 Å². The first-order valence-electron chi connectivity index (χ1n) is 9.79. The minimum atomic E-state index is -0.494. The smallest absolute Gasteiger partial charge is 0.407 e. The molecule has 1 aromatic heterocycles. The van der Waals surface area contributed by atoms with Crippen LogP contribution in [0.15, 0.2) is 40.7 Å². The number of nitrogens with zero attached hydrogens (tertiary/aromatic N) is 3. The highest BCUT2D eigenvalue weighted by Crippen LogP contribution is 2.21. The van der Waals surface area contributed by atoms with E-state index in [4.69, 9.17) is 9.72 Å². The van der Waals surface area contributed by atoms with E-state index in [0.29, 0.717) is 13.1 Å². The number of rotatable bonds is 4. The van der Waals surface area contributed by atoms with E-state index >= 15 is 0 Å². The van der Waals surface area contributed by atoms with Crippen molar-refractivity contribution in [1.82, 2.24) is 20.5 Å². The molecule has 1 aliphatic heterocycles. The number of guanidine groups is 1. The number of aliphatic imine (C=N–C) groups is 1. The molecular weight excluding hydrogens is 386 g/mol. The lowest BCUT2D eigenvalue weighted by Gasteiger charge is -2.23. The summed E-state index contributed by atoms with van der Waals surface area (Å²) in [5, 5.41) is 9.41. The van der Waals surface area contributed by atoms with Gasteiger partial charge >= 0.3 is 6.09 Å². The molecule has 1 aromatic carbocycles. The van der Waals surface area contributed by atoms with Crippen molar-refractivity contribution in [3.8, 4) is 11.3 Å². The highest BCUT2D eigenvalue weighted by atomic mass is 32.1. The molecule has 3 rings (SSSR count). The fourth-order valence-corrected chi connectivity index (χ4v) is 3.91. The predicted molar refractivity (Wildman–Crippen MR) is 117 cm³/mol. The van der Waals surface area contributed by atoms with Gasteiger partial charge in [-0.25, -0.2) is 9.78 Å². The zero-order chi connectivity index (χ0) is 20.9.